The molecule has 0 aliphatic heterocycles. The molecule has 3 rings (SSSR count). The molecule has 0 bridgehead atoms. The average molecular weight is 443 g/mol. The maximum Gasteiger partial charge on any atom is 0.261 e. The Kier molecular flexibility index (Phi) is 7.02. The summed E-state index contributed by atoms with van der Waals surface area (Å²) in [6.07, 6.45) is 0. The number of hydrogen-bond acceptors (Lipinski definition) is 5. The molecule has 0 aliphatic rings. The lowest BCUT2D eigenvalue weighted by Crippen LogP contribution is -2.14. The molecule has 0 heterocycles. The Balaban J connectivity index is 1.55. The van der Waals surface area contributed by atoms with Gasteiger partial charge in [-0.15, -0.1) is 11.8 Å². The van der Waals surface area contributed by atoms with Crippen molar-refractivity contribution in [3.63, 3.8) is 0 Å². The minimum Gasteiger partial charge on any atom is -0.497 e. The van der Waals surface area contributed by atoms with Gasteiger partial charge in [0.2, 0.25) is 5.91 Å². The molecule has 156 valence electrons. The molecule has 8 heteroatoms. The second-order valence-electron chi connectivity index (χ2n) is 6.51. The predicted octanol–water partition coefficient (Wildman–Crippen LogP) is 4.54. The summed E-state index contributed by atoms with van der Waals surface area (Å²) in [7, 11) is -2.07. The monoisotopic (exact) mass is 442 g/mol. The molecule has 1 amide bonds. The number of hydrogen-bond donors (Lipinski definition) is 2. The molecular formula is C22H22N2O4S2. The molecule has 0 aliphatic carbocycles. The van der Waals surface area contributed by atoms with Gasteiger partial charge in [-0.1, -0.05) is 23.8 Å². The SMILES string of the molecule is COc1cccc(NC(=O)CSc2ccc(NS(=O)(=O)c3ccc(C)cc3)cc2)c1. The molecule has 3 aromatic rings. The molecule has 0 aromatic heterocycles. The van der Waals surface area contributed by atoms with Crippen LogP contribution in [0.4, 0.5) is 11.4 Å². The van der Waals surface area contributed by atoms with Gasteiger partial charge < -0.3 is 10.1 Å². The quantitative estimate of drug-likeness (QED) is 0.501. The summed E-state index contributed by atoms with van der Waals surface area (Å²) in [4.78, 5) is 13.2. The van der Waals surface area contributed by atoms with E-state index in [-0.39, 0.29) is 16.6 Å². The molecule has 0 atom stereocenters. The summed E-state index contributed by atoms with van der Waals surface area (Å²) in [5.41, 5.74) is 2.12. The molecule has 0 fully saturated rings. The average Bonchev–Trinajstić information content (AvgIpc) is 2.73. The zero-order valence-corrected chi connectivity index (χ0v) is 18.2. The van der Waals surface area contributed by atoms with Crippen molar-refractivity contribution in [3.05, 3.63) is 78.4 Å². The van der Waals surface area contributed by atoms with Crippen molar-refractivity contribution in [1.82, 2.24) is 0 Å². The van der Waals surface area contributed by atoms with E-state index in [1.165, 1.54) is 11.8 Å². The van der Waals surface area contributed by atoms with Gasteiger partial charge in [0.05, 0.1) is 17.8 Å². The third-order valence-electron chi connectivity index (χ3n) is 4.16. The lowest BCUT2D eigenvalue weighted by Gasteiger charge is -2.09. The third-order valence-corrected chi connectivity index (χ3v) is 6.57. The maximum atomic E-state index is 12.5. The first-order chi connectivity index (χ1) is 14.4. The van der Waals surface area contributed by atoms with E-state index in [4.69, 9.17) is 4.74 Å². The number of amides is 1. The maximum absolute atomic E-state index is 12.5. The lowest BCUT2D eigenvalue weighted by atomic mass is 10.2. The number of nitrogens with one attached hydrogen (secondary N) is 2. The molecule has 0 saturated heterocycles. The van der Waals surface area contributed by atoms with E-state index >= 15 is 0 Å². The molecule has 0 saturated carbocycles. The number of sulfonamides is 1. The Hall–Kier alpha value is -2.97. The van der Waals surface area contributed by atoms with Gasteiger partial charge in [-0.3, -0.25) is 9.52 Å². The predicted molar refractivity (Wildman–Crippen MR) is 121 cm³/mol. The fourth-order valence-corrected chi connectivity index (χ4v) is 4.35. The summed E-state index contributed by atoms with van der Waals surface area (Å²) < 4.78 is 32.6. The van der Waals surface area contributed by atoms with Gasteiger partial charge >= 0.3 is 0 Å². The van der Waals surface area contributed by atoms with Crippen molar-refractivity contribution in [2.24, 2.45) is 0 Å². The molecule has 2 N–H and O–H groups in total. The Morgan fingerprint density at radius 1 is 0.967 bits per heavy atom. The molecule has 0 unspecified atom stereocenters. The number of methoxy groups -OCH3 is 1. The number of thioether (sulfide) groups is 1. The van der Waals surface area contributed by atoms with E-state index in [0.717, 1.165) is 10.5 Å². The number of ether oxygens (including phenoxy) is 1. The van der Waals surface area contributed by atoms with Crippen LogP contribution in [-0.2, 0) is 14.8 Å². The van der Waals surface area contributed by atoms with Gasteiger partial charge in [0.25, 0.3) is 10.0 Å². The molecule has 3 aromatic carbocycles. The van der Waals surface area contributed by atoms with Crippen LogP contribution in [0.2, 0.25) is 0 Å². The van der Waals surface area contributed by atoms with Gasteiger partial charge in [0.1, 0.15) is 5.75 Å². The second kappa shape index (κ2) is 9.69. The van der Waals surface area contributed by atoms with Crippen LogP contribution < -0.4 is 14.8 Å². The summed E-state index contributed by atoms with van der Waals surface area (Å²) in [5.74, 6) is 0.757. The van der Waals surface area contributed by atoms with Crippen LogP contribution in [0.1, 0.15) is 5.56 Å². The zero-order chi connectivity index (χ0) is 21.6. The first-order valence-corrected chi connectivity index (χ1v) is 11.6. The number of carbonyl (C=O) groups is 1. The summed E-state index contributed by atoms with van der Waals surface area (Å²) in [6, 6.07) is 20.7. The minimum absolute atomic E-state index is 0.141. The summed E-state index contributed by atoms with van der Waals surface area (Å²) in [6.45, 7) is 1.90. The number of benzene rings is 3. The zero-order valence-electron chi connectivity index (χ0n) is 16.6. The third kappa shape index (κ3) is 6.01. The smallest absolute Gasteiger partial charge is 0.261 e. The second-order valence-corrected chi connectivity index (χ2v) is 9.24. The van der Waals surface area contributed by atoms with Gasteiger partial charge in [0, 0.05) is 22.3 Å². The lowest BCUT2D eigenvalue weighted by molar-refractivity contribution is -0.113. The fraction of sp³-hybridized carbons (Fsp3) is 0.136. The number of anilines is 2. The number of rotatable bonds is 8. The van der Waals surface area contributed by atoms with Crippen LogP contribution in [0, 0.1) is 6.92 Å². The molecule has 0 radical (unpaired) electrons. The highest BCUT2D eigenvalue weighted by atomic mass is 32.2. The van der Waals surface area contributed by atoms with E-state index in [2.05, 4.69) is 10.0 Å². The Morgan fingerprint density at radius 2 is 1.67 bits per heavy atom. The van der Waals surface area contributed by atoms with Gasteiger partial charge in [0.15, 0.2) is 0 Å². The number of carbonyl (C=O) groups excluding carboxylic acids is 1. The Bertz CT molecular complexity index is 1110. The molecule has 30 heavy (non-hydrogen) atoms. The van der Waals surface area contributed by atoms with Crippen LogP contribution in [0.5, 0.6) is 5.75 Å². The molecule has 0 spiro atoms. The number of aryl methyl sites for hydroxylation is 1. The summed E-state index contributed by atoms with van der Waals surface area (Å²) in [5, 5.41) is 2.82. The van der Waals surface area contributed by atoms with Crippen molar-refractivity contribution in [2.75, 3.05) is 22.9 Å². The van der Waals surface area contributed by atoms with E-state index in [1.54, 1.807) is 79.9 Å². The highest BCUT2D eigenvalue weighted by Gasteiger charge is 2.13. The Labute approximate surface area is 180 Å². The molecular weight excluding hydrogens is 420 g/mol. The van der Waals surface area contributed by atoms with Crippen LogP contribution in [-0.4, -0.2) is 27.2 Å². The highest BCUT2D eigenvalue weighted by molar-refractivity contribution is 8.00. The van der Waals surface area contributed by atoms with Crippen molar-refractivity contribution in [1.29, 1.82) is 0 Å². The minimum atomic E-state index is -3.64. The van der Waals surface area contributed by atoms with E-state index < -0.39 is 10.0 Å². The highest BCUT2D eigenvalue weighted by Crippen LogP contribution is 2.23. The molecule has 6 nitrogen and oxygen atoms in total. The van der Waals surface area contributed by atoms with E-state index in [9.17, 15) is 13.2 Å². The summed E-state index contributed by atoms with van der Waals surface area (Å²) >= 11 is 1.36. The normalized spacial score (nSPS) is 11.0. The van der Waals surface area contributed by atoms with Crippen LogP contribution in [0.15, 0.2) is 82.6 Å². The van der Waals surface area contributed by atoms with Gasteiger partial charge in [-0.25, -0.2) is 8.42 Å². The first kappa shape index (κ1) is 21.7. The first-order valence-electron chi connectivity index (χ1n) is 9.12. The van der Waals surface area contributed by atoms with E-state index in [0.29, 0.717) is 17.1 Å². The fourth-order valence-electron chi connectivity index (χ4n) is 2.60. The Morgan fingerprint density at radius 3 is 2.33 bits per heavy atom. The van der Waals surface area contributed by atoms with Crippen molar-refractivity contribution >= 4 is 39.1 Å². The van der Waals surface area contributed by atoms with Crippen LogP contribution in [0.25, 0.3) is 0 Å². The van der Waals surface area contributed by atoms with E-state index in [1.807, 2.05) is 6.92 Å². The standard InChI is InChI=1S/C22H22N2O4S2/c1-16-6-12-21(13-7-16)30(26,27)24-17-8-10-20(11-9-17)29-15-22(25)23-18-4-3-5-19(14-18)28-2/h3-14,24H,15H2,1-2H3,(H,23,25). The van der Waals surface area contributed by atoms with Crippen molar-refractivity contribution < 1.29 is 17.9 Å². The van der Waals surface area contributed by atoms with Crippen LogP contribution >= 0.6 is 11.8 Å². The van der Waals surface area contributed by atoms with Gasteiger partial charge in [-0.05, 0) is 55.5 Å². The van der Waals surface area contributed by atoms with Crippen molar-refractivity contribution in [2.45, 2.75) is 16.7 Å². The van der Waals surface area contributed by atoms with Crippen molar-refractivity contribution in [3.8, 4) is 5.75 Å². The van der Waals surface area contributed by atoms with Gasteiger partial charge in [-0.2, -0.15) is 0 Å². The topological polar surface area (TPSA) is 84.5 Å². The largest absolute Gasteiger partial charge is 0.497 e. The van der Waals surface area contributed by atoms with Crippen LogP contribution in [0.3, 0.4) is 0 Å².